The Kier molecular flexibility index (Phi) is 4.80. The summed E-state index contributed by atoms with van der Waals surface area (Å²) in [6.45, 7) is 0. The molecule has 0 amide bonds. The maximum absolute atomic E-state index is 2.39. The molecule has 2 heterocycles. The van der Waals surface area contributed by atoms with Gasteiger partial charge in [-0.1, -0.05) is 84.3 Å². The van der Waals surface area contributed by atoms with Gasteiger partial charge in [-0.05, 0) is 71.8 Å². The van der Waals surface area contributed by atoms with Gasteiger partial charge in [-0.15, -0.1) is 0 Å². The fourth-order valence-corrected chi connectivity index (χ4v) is 6.21. The van der Waals surface area contributed by atoms with E-state index < -0.39 is 0 Å². The average Bonchev–Trinajstić information content (AvgIpc) is 3.50. The molecule has 0 radical (unpaired) electrons. The number of fused-ring (bicyclic) bond motifs is 6. The third-order valence-electron chi connectivity index (χ3n) is 7.95. The highest BCUT2D eigenvalue weighted by Crippen LogP contribution is 2.38. The number of nitrogens with zero attached hydrogens (tertiary/aromatic N) is 2. The second-order valence-corrected chi connectivity index (χ2v) is 10.3. The van der Waals surface area contributed by atoms with Gasteiger partial charge in [-0.25, -0.2) is 0 Å². The van der Waals surface area contributed by atoms with Gasteiger partial charge in [-0.3, -0.25) is 0 Å². The van der Waals surface area contributed by atoms with Crippen LogP contribution in [0.4, 0.5) is 0 Å². The molecule has 0 spiro atoms. The third kappa shape index (κ3) is 3.37. The first-order chi connectivity index (χ1) is 19.3. The lowest BCUT2D eigenvalue weighted by atomic mass is 9.96. The van der Waals surface area contributed by atoms with Crippen LogP contribution in [-0.2, 0) is 0 Å². The van der Waals surface area contributed by atoms with Crippen molar-refractivity contribution in [1.29, 1.82) is 0 Å². The number of hydrogen-bond acceptors (Lipinski definition) is 0. The summed E-state index contributed by atoms with van der Waals surface area (Å²) >= 11 is 0. The quantitative estimate of drug-likeness (QED) is 0.221. The number of para-hydroxylation sites is 3. The van der Waals surface area contributed by atoms with Crippen molar-refractivity contribution in [3.8, 4) is 22.5 Å². The van der Waals surface area contributed by atoms with Crippen LogP contribution in [0.25, 0.3) is 66.1 Å². The summed E-state index contributed by atoms with van der Waals surface area (Å²) < 4.78 is 4.76. The van der Waals surface area contributed by atoms with Gasteiger partial charge in [0.1, 0.15) is 7.85 Å². The van der Waals surface area contributed by atoms with Crippen molar-refractivity contribution < 1.29 is 0 Å². The topological polar surface area (TPSA) is 9.86 Å². The molecule has 0 aliphatic carbocycles. The van der Waals surface area contributed by atoms with E-state index >= 15 is 0 Å². The molecule has 2 nitrogen and oxygen atoms in total. The van der Waals surface area contributed by atoms with Gasteiger partial charge >= 0.3 is 0 Å². The van der Waals surface area contributed by atoms with Gasteiger partial charge in [0.2, 0.25) is 0 Å². The van der Waals surface area contributed by atoms with Crippen LogP contribution in [0.5, 0.6) is 0 Å². The zero-order valence-corrected chi connectivity index (χ0v) is 21.7. The minimum absolute atomic E-state index is 1.18. The molecular formula is C36H25BN2. The van der Waals surface area contributed by atoms with Gasteiger partial charge in [0.15, 0.2) is 0 Å². The van der Waals surface area contributed by atoms with Gasteiger partial charge in [-0.2, -0.15) is 0 Å². The van der Waals surface area contributed by atoms with Crippen LogP contribution in [0.1, 0.15) is 0 Å². The van der Waals surface area contributed by atoms with Crippen molar-refractivity contribution in [2.24, 2.45) is 0 Å². The maximum atomic E-state index is 2.39. The predicted molar refractivity (Wildman–Crippen MR) is 169 cm³/mol. The lowest BCUT2D eigenvalue weighted by molar-refractivity contribution is 1.18. The van der Waals surface area contributed by atoms with E-state index in [9.17, 15) is 0 Å². The number of rotatable bonds is 3. The van der Waals surface area contributed by atoms with E-state index in [0.29, 0.717) is 0 Å². The smallest absolute Gasteiger partial charge is 0.139 e. The van der Waals surface area contributed by atoms with E-state index in [4.69, 9.17) is 0 Å². The van der Waals surface area contributed by atoms with Crippen LogP contribution >= 0.6 is 0 Å². The van der Waals surface area contributed by atoms with Crippen molar-refractivity contribution in [1.82, 2.24) is 9.13 Å². The predicted octanol–water partition coefficient (Wildman–Crippen LogP) is 7.81. The Balaban J connectivity index is 1.36. The molecule has 8 aromatic rings. The molecule has 0 aliphatic heterocycles. The van der Waals surface area contributed by atoms with E-state index in [1.54, 1.807) is 0 Å². The zero-order valence-electron chi connectivity index (χ0n) is 21.7. The number of hydrogen-bond donors (Lipinski definition) is 0. The fourth-order valence-electron chi connectivity index (χ4n) is 6.21. The molecule has 6 aromatic carbocycles. The van der Waals surface area contributed by atoms with E-state index in [1.165, 1.54) is 71.6 Å². The molecule has 0 atom stereocenters. The van der Waals surface area contributed by atoms with Crippen LogP contribution in [0.15, 0.2) is 140 Å². The molecule has 0 saturated carbocycles. The standard InChI is InChI=1S/C36H25BN2/c37-26-9-8-12-28(23-26)39-34-16-7-5-14-30(34)32-22-25(18-20-36(32)39)24-17-19-35-31(21-24)29-13-4-6-15-33(29)38(35)27-10-2-1-3-11-27/h1-23H,37H2. The monoisotopic (exact) mass is 496 g/mol. The molecule has 8 rings (SSSR count). The summed E-state index contributed by atoms with van der Waals surface area (Å²) in [4.78, 5) is 0. The Morgan fingerprint density at radius 3 is 1.44 bits per heavy atom. The molecule has 0 N–H and O–H groups in total. The van der Waals surface area contributed by atoms with Gasteiger partial charge in [0.05, 0.1) is 22.1 Å². The van der Waals surface area contributed by atoms with Crippen LogP contribution in [-0.4, -0.2) is 17.0 Å². The Morgan fingerprint density at radius 1 is 0.359 bits per heavy atom. The van der Waals surface area contributed by atoms with E-state index in [-0.39, 0.29) is 0 Å². The Labute approximate surface area is 227 Å². The second-order valence-electron chi connectivity index (χ2n) is 10.3. The maximum Gasteiger partial charge on any atom is 0.139 e. The van der Waals surface area contributed by atoms with Crippen LogP contribution < -0.4 is 5.46 Å². The highest BCUT2D eigenvalue weighted by Gasteiger charge is 2.15. The summed E-state index contributed by atoms with van der Waals surface area (Å²) in [6.07, 6.45) is 0. The molecule has 3 heteroatoms. The van der Waals surface area contributed by atoms with Crippen molar-refractivity contribution >= 4 is 56.9 Å². The van der Waals surface area contributed by atoms with Crippen molar-refractivity contribution in [2.75, 3.05) is 0 Å². The Hall–Kier alpha value is -5.02. The fraction of sp³-hybridized carbons (Fsp3) is 0. The molecule has 0 unspecified atom stereocenters. The van der Waals surface area contributed by atoms with Gasteiger partial charge in [0, 0.05) is 32.9 Å². The minimum atomic E-state index is 1.18. The first kappa shape index (κ1) is 22.0. The van der Waals surface area contributed by atoms with Crippen LogP contribution in [0.2, 0.25) is 0 Å². The summed E-state index contributed by atoms with van der Waals surface area (Å²) in [5.41, 5.74) is 11.0. The lowest BCUT2D eigenvalue weighted by Gasteiger charge is -2.10. The highest BCUT2D eigenvalue weighted by molar-refractivity contribution is 6.32. The first-order valence-electron chi connectivity index (χ1n) is 13.5. The van der Waals surface area contributed by atoms with Gasteiger partial charge < -0.3 is 9.13 Å². The Bertz CT molecular complexity index is 2180. The zero-order chi connectivity index (χ0) is 25.9. The largest absolute Gasteiger partial charge is 0.309 e. The molecule has 0 aliphatic rings. The minimum Gasteiger partial charge on any atom is -0.309 e. The summed E-state index contributed by atoms with van der Waals surface area (Å²) in [6, 6.07) is 50.6. The van der Waals surface area contributed by atoms with Crippen molar-refractivity contribution in [3.05, 3.63) is 140 Å². The highest BCUT2D eigenvalue weighted by atomic mass is 15.0. The van der Waals surface area contributed by atoms with Gasteiger partial charge in [0.25, 0.3) is 0 Å². The van der Waals surface area contributed by atoms with Crippen LogP contribution in [0, 0.1) is 0 Å². The number of benzene rings is 6. The molecular weight excluding hydrogens is 471 g/mol. The Morgan fingerprint density at radius 2 is 0.846 bits per heavy atom. The summed E-state index contributed by atoms with van der Waals surface area (Å²) in [5, 5.41) is 5.10. The molecule has 0 saturated heterocycles. The van der Waals surface area contributed by atoms with E-state index in [1.807, 2.05) is 0 Å². The van der Waals surface area contributed by atoms with Crippen molar-refractivity contribution in [3.63, 3.8) is 0 Å². The van der Waals surface area contributed by atoms with Crippen molar-refractivity contribution in [2.45, 2.75) is 0 Å². The lowest BCUT2D eigenvalue weighted by Crippen LogP contribution is -2.04. The van der Waals surface area contributed by atoms with Crippen LogP contribution in [0.3, 0.4) is 0 Å². The molecule has 0 fully saturated rings. The average molecular weight is 496 g/mol. The first-order valence-corrected chi connectivity index (χ1v) is 13.5. The molecule has 2 aromatic heterocycles. The van der Waals surface area contributed by atoms with E-state index in [2.05, 4.69) is 157 Å². The molecule has 39 heavy (non-hydrogen) atoms. The summed E-state index contributed by atoms with van der Waals surface area (Å²) in [5.74, 6) is 0. The molecule has 0 bridgehead atoms. The van der Waals surface area contributed by atoms with E-state index in [0.717, 1.165) is 0 Å². The second kappa shape index (κ2) is 8.51. The third-order valence-corrected chi connectivity index (χ3v) is 7.95. The summed E-state index contributed by atoms with van der Waals surface area (Å²) in [7, 11) is 2.15. The normalized spacial score (nSPS) is 11.7. The number of aromatic nitrogens is 2. The SMILES string of the molecule is Bc1cccc(-n2c3ccccc3c3cc(-c4ccc5c(c4)c4ccccc4n5-c4ccccc4)ccc32)c1. The molecule has 182 valence electrons.